The molecule has 98 valence electrons. The van der Waals surface area contributed by atoms with E-state index in [9.17, 15) is 14.4 Å². The normalized spacial score (nSPS) is 10.1. The molecule has 0 spiro atoms. The van der Waals surface area contributed by atoms with Gasteiger partial charge < -0.3 is 5.73 Å². The number of carbonyl (C=O) groups excluding carboxylic acids is 2. The highest BCUT2D eigenvalue weighted by atomic mass is 16.7. The minimum Gasteiger partial charge on any atom is -0.368 e. The number of nitrogens with one attached hydrogen (secondary N) is 1. The van der Waals surface area contributed by atoms with Crippen LogP contribution in [0.3, 0.4) is 0 Å². The van der Waals surface area contributed by atoms with Crippen LogP contribution in [0.5, 0.6) is 0 Å². The van der Waals surface area contributed by atoms with Crippen LogP contribution in [0.1, 0.15) is 23.8 Å². The zero-order valence-corrected chi connectivity index (χ0v) is 9.88. The van der Waals surface area contributed by atoms with Crippen molar-refractivity contribution in [3.8, 4) is 0 Å². The van der Waals surface area contributed by atoms with Crippen molar-refractivity contribution in [2.24, 2.45) is 5.73 Å². The molecule has 0 aliphatic carbocycles. The van der Waals surface area contributed by atoms with E-state index in [-0.39, 0.29) is 11.3 Å². The van der Waals surface area contributed by atoms with Gasteiger partial charge in [-0.1, -0.05) is 6.92 Å². The topological polar surface area (TPSA) is 116 Å². The average molecular weight is 254 g/mol. The van der Waals surface area contributed by atoms with E-state index in [1.807, 2.05) is 12.4 Å². The lowest BCUT2D eigenvalue weighted by Gasteiger charge is -2.06. The molecule has 0 aliphatic rings. The lowest BCUT2D eigenvalue weighted by Crippen LogP contribution is -2.32. The second-order valence-corrected chi connectivity index (χ2v) is 3.47. The number of aromatic nitrogens is 2. The molecule has 8 nitrogen and oxygen atoms in total. The monoisotopic (exact) mass is 254 g/mol. The Morgan fingerprint density at radius 3 is 2.83 bits per heavy atom. The highest BCUT2D eigenvalue weighted by molar-refractivity contribution is 5.91. The van der Waals surface area contributed by atoms with Gasteiger partial charge in [0, 0.05) is 12.6 Å². The zero-order valence-electron chi connectivity index (χ0n) is 9.88. The minimum absolute atomic E-state index is 0.0209. The number of amides is 2. The van der Waals surface area contributed by atoms with Crippen LogP contribution in [0, 0.1) is 0 Å². The third-order valence-corrected chi connectivity index (χ3v) is 1.91. The van der Waals surface area contributed by atoms with Gasteiger partial charge in [0.25, 0.3) is 11.5 Å². The second kappa shape index (κ2) is 6.50. The molecular formula is C10H14N4O4. The summed E-state index contributed by atoms with van der Waals surface area (Å²) in [6.07, 6.45) is 0.718. The molecule has 18 heavy (non-hydrogen) atoms. The predicted molar refractivity (Wildman–Crippen MR) is 61.4 cm³/mol. The molecule has 1 heterocycles. The fourth-order valence-corrected chi connectivity index (χ4v) is 1.17. The second-order valence-electron chi connectivity index (χ2n) is 3.47. The Hall–Kier alpha value is -2.22. The van der Waals surface area contributed by atoms with Crippen molar-refractivity contribution < 1.29 is 14.4 Å². The van der Waals surface area contributed by atoms with Crippen LogP contribution in [0.2, 0.25) is 0 Å². The Bertz CT molecular complexity index is 497. The van der Waals surface area contributed by atoms with Crippen molar-refractivity contribution in [2.75, 3.05) is 6.61 Å². The Kier molecular flexibility index (Phi) is 5.00. The van der Waals surface area contributed by atoms with Gasteiger partial charge in [-0.2, -0.15) is 5.10 Å². The molecule has 0 aliphatic heterocycles. The van der Waals surface area contributed by atoms with Crippen molar-refractivity contribution >= 4 is 11.8 Å². The van der Waals surface area contributed by atoms with Crippen LogP contribution in [-0.2, 0) is 16.2 Å². The van der Waals surface area contributed by atoms with Gasteiger partial charge in [0.15, 0.2) is 12.3 Å². The van der Waals surface area contributed by atoms with Crippen LogP contribution in [0.15, 0.2) is 16.9 Å². The number of nitrogens with zero attached hydrogens (tertiary/aromatic N) is 2. The molecule has 8 heteroatoms. The van der Waals surface area contributed by atoms with Gasteiger partial charge in [-0.3, -0.25) is 19.2 Å². The highest BCUT2D eigenvalue weighted by Crippen LogP contribution is 1.92. The predicted octanol–water partition coefficient (Wildman–Crippen LogP) is -1.20. The van der Waals surface area contributed by atoms with E-state index in [4.69, 9.17) is 5.73 Å². The van der Waals surface area contributed by atoms with Gasteiger partial charge in [-0.05, 0) is 12.5 Å². The summed E-state index contributed by atoms with van der Waals surface area (Å²) in [5.74, 6) is -1.36. The van der Waals surface area contributed by atoms with Gasteiger partial charge >= 0.3 is 0 Å². The van der Waals surface area contributed by atoms with Gasteiger partial charge in [-0.15, -0.1) is 0 Å². The molecule has 1 aromatic rings. The first-order chi connectivity index (χ1) is 8.54. The zero-order chi connectivity index (χ0) is 13.5. The Balaban J connectivity index is 2.71. The maximum Gasteiger partial charge on any atom is 0.295 e. The van der Waals surface area contributed by atoms with E-state index in [1.165, 1.54) is 16.8 Å². The molecular weight excluding hydrogens is 240 g/mol. The summed E-state index contributed by atoms with van der Waals surface area (Å²) in [7, 11) is 0. The molecule has 1 aromatic heterocycles. The van der Waals surface area contributed by atoms with Crippen molar-refractivity contribution in [1.29, 1.82) is 0 Å². The van der Waals surface area contributed by atoms with Crippen LogP contribution < -0.4 is 16.8 Å². The van der Waals surface area contributed by atoms with Gasteiger partial charge in [0.1, 0.15) is 0 Å². The molecule has 0 fully saturated rings. The molecule has 0 radical (unpaired) electrons. The average Bonchev–Trinajstić information content (AvgIpc) is 2.31. The fraction of sp³-hybridized carbons (Fsp3) is 0.400. The number of carbonyl (C=O) groups is 2. The Labute approximate surface area is 103 Å². The summed E-state index contributed by atoms with van der Waals surface area (Å²) in [6.45, 7) is 1.87. The Morgan fingerprint density at radius 2 is 2.22 bits per heavy atom. The smallest absolute Gasteiger partial charge is 0.295 e. The number of primary amides is 1. The standard InChI is InChI=1S/C10H14N4O4/c1-2-5-14-9(16)4-3-7(12-14)10(17)13-18-6-8(11)15/h3-4H,2,5-6H2,1H3,(H2,11,15)(H,13,17). The van der Waals surface area contributed by atoms with Crippen LogP contribution in [0.4, 0.5) is 0 Å². The number of hydrogen-bond acceptors (Lipinski definition) is 5. The molecule has 2 amide bonds. The van der Waals surface area contributed by atoms with E-state index in [1.54, 1.807) is 0 Å². The first-order valence-electron chi connectivity index (χ1n) is 5.33. The molecule has 0 saturated carbocycles. The van der Waals surface area contributed by atoms with Crippen LogP contribution in [0.25, 0.3) is 0 Å². The fourth-order valence-electron chi connectivity index (χ4n) is 1.17. The lowest BCUT2D eigenvalue weighted by atomic mass is 10.4. The molecule has 0 saturated heterocycles. The van der Waals surface area contributed by atoms with Crippen LogP contribution in [-0.4, -0.2) is 28.2 Å². The number of hydroxylamine groups is 1. The summed E-state index contributed by atoms with van der Waals surface area (Å²) < 4.78 is 1.18. The number of aryl methyl sites for hydroxylation is 1. The maximum atomic E-state index is 11.5. The van der Waals surface area contributed by atoms with E-state index >= 15 is 0 Å². The summed E-state index contributed by atoms with van der Waals surface area (Å²) in [5.41, 5.74) is 6.56. The lowest BCUT2D eigenvalue weighted by molar-refractivity contribution is -0.124. The number of hydrogen-bond donors (Lipinski definition) is 2. The molecule has 0 aromatic carbocycles. The van der Waals surface area contributed by atoms with Crippen LogP contribution >= 0.6 is 0 Å². The van der Waals surface area contributed by atoms with E-state index < -0.39 is 18.4 Å². The van der Waals surface area contributed by atoms with Crippen molar-refractivity contribution in [2.45, 2.75) is 19.9 Å². The third-order valence-electron chi connectivity index (χ3n) is 1.91. The highest BCUT2D eigenvalue weighted by Gasteiger charge is 2.09. The summed E-state index contributed by atoms with van der Waals surface area (Å²) in [5, 5.41) is 3.86. The quantitative estimate of drug-likeness (QED) is 0.618. The molecule has 0 bridgehead atoms. The van der Waals surface area contributed by atoms with E-state index in [0.29, 0.717) is 6.54 Å². The van der Waals surface area contributed by atoms with E-state index in [2.05, 4.69) is 9.94 Å². The summed E-state index contributed by atoms with van der Waals surface area (Å²) in [4.78, 5) is 37.8. The molecule has 1 rings (SSSR count). The summed E-state index contributed by atoms with van der Waals surface area (Å²) in [6, 6.07) is 2.52. The summed E-state index contributed by atoms with van der Waals surface area (Å²) >= 11 is 0. The Morgan fingerprint density at radius 1 is 1.50 bits per heavy atom. The van der Waals surface area contributed by atoms with E-state index in [0.717, 1.165) is 6.42 Å². The first kappa shape index (κ1) is 13.8. The van der Waals surface area contributed by atoms with Crippen molar-refractivity contribution in [1.82, 2.24) is 15.3 Å². The third kappa shape index (κ3) is 3.98. The van der Waals surface area contributed by atoms with Gasteiger partial charge in [0.2, 0.25) is 5.91 Å². The largest absolute Gasteiger partial charge is 0.368 e. The number of nitrogens with two attached hydrogens (primary N) is 1. The van der Waals surface area contributed by atoms with Gasteiger partial charge in [-0.25, -0.2) is 10.2 Å². The maximum absolute atomic E-state index is 11.5. The molecule has 0 unspecified atom stereocenters. The number of rotatable bonds is 6. The molecule has 3 N–H and O–H groups in total. The van der Waals surface area contributed by atoms with Gasteiger partial charge in [0.05, 0.1) is 0 Å². The first-order valence-corrected chi connectivity index (χ1v) is 5.33. The van der Waals surface area contributed by atoms with Crippen molar-refractivity contribution in [3.05, 3.63) is 28.2 Å². The molecule has 0 atom stereocenters. The van der Waals surface area contributed by atoms with Crippen molar-refractivity contribution in [3.63, 3.8) is 0 Å². The minimum atomic E-state index is -0.709. The SMILES string of the molecule is CCCn1nc(C(=O)NOCC(N)=O)ccc1=O.